The summed E-state index contributed by atoms with van der Waals surface area (Å²) in [5.41, 5.74) is 6.51. The van der Waals surface area contributed by atoms with Crippen LogP contribution in [0.2, 0.25) is 0 Å². The monoisotopic (exact) mass is 265 g/mol. The van der Waals surface area contributed by atoms with E-state index in [0.29, 0.717) is 17.4 Å². The van der Waals surface area contributed by atoms with Crippen LogP contribution in [0.5, 0.6) is 0 Å². The second-order valence-corrected chi connectivity index (χ2v) is 5.86. The summed E-state index contributed by atoms with van der Waals surface area (Å²) in [5.74, 6) is -0.524. The quantitative estimate of drug-likeness (QED) is 0.912. The molecule has 2 bridgehead atoms. The highest BCUT2D eigenvalue weighted by Crippen LogP contribution is 2.48. The molecular formula is C15H17F2NO. The molecule has 4 unspecified atom stereocenters. The number of halogens is 2. The minimum absolute atomic E-state index is 0.0321. The standard InChI is InChI=1S/C15H17F2NO/c16-11-3-8(4-12(17)7-11)5-13(19)14-9-1-2-10(6-9)15(14)18/h3-4,7,9-10,14-15H,1-2,5-6,18H2. The number of hydrogen-bond acceptors (Lipinski definition) is 2. The number of carbonyl (C=O) groups is 1. The maximum atomic E-state index is 13.1. The van der Waals surface area contributed by atoms with Crippen LogP contribution < -0.4 is 5.73 Å². The van der Waals surface area contributed by atoms with Crippen molar-refractivity contribution in [3.8, 4) is 0 Å². The molecule has 2 N–H and O–H groups in total. The highest BCUT2D eigenvalue weighted by molar-refractivity contribution is 5.84. The van der Waals surface area contributed by atoms with Crippen LogP contribution >= 0.6 is 0 Å². The summed E-state index contributed by atoms with van der Waals surface area (Å²) in [6.07, 6.45) is 3.29. The first-order chi connectivity index (χ1) is 9.04. The maximum absolute atomic E-state index is 13.1. The van der Waals surface area contributed by atoms with Gasteiger partial charge in [0.15, 0.2) is 0 Å². The van der Waals surface area contributed by atoms with E-state index in [0.717, 1.165) is 25.3 Å². The van der Waals surface area contributed by atoms with Gasteiger partial charge in [-0.15, -0.1) is 0 Å². The van der Waals surface area contributed by atoms with Crippen LogP contribution in [0.4, 0.5) is 8.78 Å². The van der Waals surface area contributed by atoms with Crippen molar-refractivity contribution in [1.29, 1.82) is 0 Å². The molecule has 4 atom stereocenters. The van der Waals surface area contributed by atoms with Crippen LogP contribution in [0.3, 0.4) is 0 Å². The number of fused-ring (bicyclic) bond motifs is 2. The summed E-state index contributed by atoms with van der Waals surface area (Å²) >= 11 is 0. The Balaban J connectivity index is 1.75. The molecule has 0 spiro atoms. The fraction of sp³-hybridized carbons (Fsp3) is 0.533. The first-order valence-corrected chi connectivity index (χ1v) is 6.78. The molecule has 0 heterocycles. The van der Waals surface area contributed by atoms with E-state index in [-0.39, 0.29) is 24.2 Å². The molecule has 0 saturated heterocycles. The van der Waals surface area contributed by atoms with E-state index in [1.807, 2.05) is 0 Å². The number of ketones is 1. The molecule has 19 heavy (non-hydrogen) atoms. The third kappa shape index (κ3) is 2.29. The zero-order valence-corrected chi connectivity index (χ0v) is 10.6. The van der Waals surface area contributed by atoms with Crippen molar-refractivity contribution < 1.29 is 13.6 Å². The fourth-order valence-corrected chi connectivity index (χ4v) is 3.85. The molecule has 0 aromatic heterocycles. The highest BCUT2D eigenvalue weighted by Gasteiger charge is 2.48. The minimum atomic E-state index is -0.639. The van der Waals surface area contributed by atoms with E-state index in [1.54, 1.807) is 0 Å². The van der Waals surface area contributed by atoms with Crippen molar-refractivity contribution in [2.75, 3.05) is 0 Å². The lowest BCUT2D eigenvalue weighted by Crippen LogP contribution is -2.40. The molecule has 2 nitrogen and oxygen atoms in total. The zero-order valence-electron chi connectivity index (χ0n) is 10.6. The minimum Gasteiger partial charge on any atom is -0.327 e. The molecule has 2 aliphatic carbocycles. The van der Waals surface area contributed by atoms with Gasteiger partial charge in [-0.25, -0.2) is 8.78 Å². The largest absolute Gasteiger partial charge is 0.327 e. The normalized spacial score (nSPS) is 32.8. The second kappa shape index (κ2) is 4.67. The number of Topliss-reactive ketones (excluding diaryl/α,β-unsaturated/α-hetero) is 1. The Kier molecular flexibility index (Phi) is 3.13. The lowest BCUT2D eigenvalue weighted by Gasteiger charge is -2.26. The molecule has 2 aliphatic rings. The molecular weight excluding hydrogens is 248 g/mol. The van der Waals surface area contributed by atoms with Gasteiger partial charge in [0, 0.05) is 24.4 Å². The van der Waals surface area contributed by atoms with Crippen molar-refractivity contribution >= 4 is 5.78 Å². The van der Waals surface area contributed by atoms with Gasteiger partial charge in [0.25, 0.3) is 0 Å². The van der Waals surface area contributed by atoms with Gasteiger partial charge in [0.05, 0.1) is 0 Å². The smallest absolute Gasteiger partial charge is 0.142 e. The van der Waals surface area contributed by atoms with Gasteiger partial charge in [0.2, 0.25) is 0 Å². The molecule has 1 aromatic rings. The van der Waals surface area contributed by atoms with Crippen LogP contribution in [0.1, 0.15) is 24.8 Å². The summed E-state index contributed by atoms with van der Waals surface area (Å²) in [6.45, 7) is 0. The third-order valence-corrected chi connectivity index (χ3v) is 4.65. The van der Waals surface area contributed by atoms with Crippen LogP contribution in [0.15, 0.2) is 18.2 Å². The van der Waals surface area contributed by atoms with E-state index >= 15 is 0 Å². The van der Waals surface area contributed by atoms with E-state index in [4.69, 9.17) is 5.73 Å². The molecule has 0 radical (unpaired) electrons. The Labute approximate surface area is 111 Å². The predicted molar refractivity (Wildman–Crippen MR) is 67.4 cm³/mol. The van der Waals surface area contributed by atoms with Gasteiger partial charge < -0.3 is 5.73 Å². The number of benzene rings is 1. The second-order valence-electron chi connectivity index (χ2n) is 5.86. The van der Waals surface area contributed by atoms with Crippen molar-refractivity contribution in [2.24, 2.45) is 23.5 Å². The average Bonchev–Trinajstić information content (AvgIpc) is 2.87. The van der Waals surface area contributed by atoms with Crippen molar-refractivity contribution in [1.82, 2.24) is 0 Å². The molecule has 0 aliphatic heterocycles. The number of rotatable bonds is 3. The fourth-order valence-electron chi connectivity index (χ4n) is 3.85. The summed E-state index contributed by atoms with van der Waals surface area (Å²) in [4.78, 5) is 12.3. The lowest BCUT2D eigenvalue weighted by atomic mass is 9.80. The Morgan fingerprint density at radius 1 is 1.16 bits per heavy atom. The van der Waals surface area contributed by atoms with E-state index in [9.17, 15) is 13.6 Å². The lowest BCUT2D eigenvalue weighted by molar-refractivity contribution is -0.124. The van der Waals surface area contributed by atoms with Crippen molar-refractivity contribution in [3.63, 3.8) is 0 Å². The highest BCUT2D eigenvalue weighted by atomic mass is 19.1. The summed E-state index contributed by atoms with van der Waals surface area (Å²) in [6, 6.07) is 3.20. The number of carbonyl (C=O) groups excluding carboxylic acids is 1. The van der Waals surface area contributed by atoms with E-state index in [2.05, 4.69) is 0 Å². The van der Waals surface area contributed by atoms with Crippen molar-refractivity contribution in [3.05, 3.63) is 35.4 Å². The SMILES string of the molecule is NC1C2CCC(C2)C1C(=O)Cc1cc(F)cc(F)c1. The number of hydrogen-bond donors (Lipinski definition) is 1. The van der Waals surface area contributed by atoms with Gasteiger partial charge in [-0.2, -0.15) is 0 Å². The van der Waals surface area contributed by atoms with Crippen LogP contribution in [0, 0.1) is 29.4 Å². The molecule has 102 valence electrons. The molecule has 3 rings (SSSR count). The van der Waals surface area contributed by atoms with Gasteiger partial charge in [-0.3, -0.25) is 4.79 Å². The Hall–Kier alpha value is -1.29. The first kappa shape index (κ1) is 12.7. The molecule has 2 saturated carbocycles. The Bertz CT molecular complexity index is 495. The van der Waals surface area contributed by atoms with Crippen LogP contribution in [-0.2, 0) is 11.2 Å². The van der Waals surface area contributed by atoms with Crippen LogP contribution in [0.25, 0.3) is 0 Å². The summed E-state index contributed by atoms with van der Waals surface area (Å²) < 4.78 is 26.2. The maximum Gasteiger partial charge on any atom is 0.142 e. The van der Waals surface area contributed by atoms with E-state index < -0.39 is 11.6 Å². The van der Waals surface area contributed by atoms with Crippen LogP contribution in [-0.4, -0.2) is 11.8 Å². The zero-order chi connectivity index (χ0) is 13.6. The molecule has 2 fully saturated rings. The predicted octanol–water partition coefficient (Wildman–Crippen LogP) is 2.45. The van der Waals surface area contributed by atoms with Gasteiger partial charge in [-0.1, -0.05) is 0 Å². The Morgan fingerprint density at radius 3 is 2.37 bits per heavy atom. The van der Waals surface area contributed by atoms with Gasteiger partial charge in [-0.05, 0) is 48.8 Å². The first-order valence-electron chi connectivity index (χ1n) is 6.78. The summed E-state index contributed by atoms with van der Waals surface area (Å²) in [5, 5.41) is 0. The van der Waals surface area contributed by atoms with Crippen molar-refractivity contribution in [2.45, 2.75) is 31.7 Å². The third-order valence-electron chi connectivity index (χ3n) is 4.65. The van der Waals surface area contributed by atoms with Gasteiger partial charge in [0.1, 0.15) is 17.4 Å². The topological polar surface area (TPSA) is 43.1 Å². The average molecular weight is 265 g/mol. The molecule has 1 aromatic carbocycles. The Morgan fingerprint density at radius 2 is 1.79 bits per heavy atom. The molecule has 4 heteroatoms. The number of nitrogens with two attached hydrogens (primary N) is 1. The van der Waals surface area contributed by atoms with E-state index in [1.165, 1.54) is 12.1 Å². The molecule has 0 amide bonds. The van der Waals surface area contributed by atoms with Gasteiger partial charge >= 0.3 is 0 Å². The summed E-state index contributed by atoms with van der Waals surface area (Å²) in [7, 11) is 0.